The van der Waals surface area contributed by atoms with Crippen molar-refractivity contribution in [2.45, 2.75) is 38.8 Å². The molecule has 0 aromatic carbocycles. The first-order chi connectivity index (χ1) is 11.2. The molecule has 0 bridgehead atoms. The molecule has 0 saturated carbocycles. The van der Waals surface area contributed by atoms with E-state index in [-0.39, 0.29) is 6.04 Å². The predicted octanol–water partition coefficient (Wildman–Crippen LogP) is 1.88. The van der Waals surface area contributed by atoms with Crippen molar-refractivity contribution in [1.82, 2.24) is 20.3 Å². The van der Waals surface area contributed by atoms with E-state index < -0.39 is 0 Å². The number of fused-ring (bicyclic) bond motifs is 1. The maximum atomic E-state index is 9.13. The van der Waals surface area contributed by atoms with Crippen LogP contribution >= 0.6 is 0 Å². The Bertz CT molecular complexity index is 729. The van der Waals surface area contributed by atoms with Crippen molar-refractivity contribution < 1.29 is 0 Å². The van der Waals surface area contributed by atoms with Crippen LogP contribution in [0.2, 0.25) is 0 Å². The smallest absolute Gasteiger partial charge is 0.223 e. The van der Waals surface area contributed by atoms with E-state index in [1.165, 1.54) is 0 Å². The van der Waals surface area contributed by atoms with Crippen LogP contribution in [0.3, 0.4) is 0 Å². The molecule has 1 fully saturated rings. The van der Waals surface area contributed by atoms with Crippen molar-refractivity contribution in [3.05, 3.63) is 18.0 Å². The van der Waals surface area contributed by atoms with Gasteiger partial charge in [0.05, 0.1) is 0 Å². The Morgan fingerprint density at radius 3 is 2.96 bits per heavy atom. The third-order valence-electron chi connectivity index (χ3n) is 3.74. The lowest BCUT2D eigenvalue weighted by atomic mass is 10.1. The Morgan fingerprint density at radius 1 is 1.39 bits per heavy atom. The second-order valence-corrected chi connectivity index (χ2v) is 6.09. The minimum atomic E-state index is 0.202. The number of hydrogen-bond donors (Lipinski definition) is 3. The molecule has 3 heterocycles. The van der Waals surface area contributed by atoms with E-state index in [0.29, 0.717) is 23.5 Å². The number of aromatic nitrogens is 3. The number of pyridine rings is 1. The molecule has 1 unspecified atom stereocenters. The van der Waals surface area contributed by atoms with Crippen LogP contribution in [-0.2, 0) is 0 Å². The summed E-state index contributed by atoms with van der Waals surface area (Å²) in [5.74, 6) is 1.23. The van der Waals surface area contributed by atoms with Gasteiger partial charge in [-0.15, -0.1) is 0 Å². The lowest BCUT2D eigenvalue weighted by molar-refractivity contribution is 0.478. The molecule has 2 aromatic rings. The molecule has 3 N–H and O–H groups in total. The molecule has 120 valence electrons. The normalized spacial score (nSPS) is 17.9. The molecule has 1 aliphatic rings. The Labute approximate surface area is 135 Å². The lowest BCUT2D eigenvalue weighted by Crippen LogP contribution is -2.38. The van der Waals surface area contributed by atoms with Crippen LogP contribution in [0, 0.1) is 11.3 Å². The largest absolute Gasteiger partial charge is 0.366 e. The summed E-state index contributed by atoms with van der Waals surface area (Å²) < 4.78 is 0. The van der Waals surface area contributed by atoms with Gasteiger partial charge in [-0.05, 0) is 39.3 Å². The van der Waals surface area contributed by atoms with Crippen molar-refractivity contribution in [3.63, 3.8) is 0 Å². The van der Waals surface area contributed by atoms with E-state index in [9.17, 15) is 0 Å². The molecule has 7 nitrogen and oxygen atoms in total. The zero-order valence-electron chi connectivity index (χ0n) is 13.4. The highest BCUT2D eigenvalue weighted by Crippen LogP contribution is 2.22. The monoisotopic (exact) mass is 311 g/mol. The summed E-state index contributed by atoms with van der Waals surface area (Å²) in [5.41, 5.74) is 1.10. The van der Waals surface area contributed by atoms with Crippen LogP contribution in [0.5, 0.6) is 0 Å². The van der Waals surface area contributed by atoms with Crippen molar-refractivity contribution >= 4 is 22.7 Å². The highest BCUT2D eigenvalue weighted by molar-refractivity contribution is 5.89. The average molecular weight is 311 g/mol. The molecule has 0 aliphatic carbocycles. The Balaban J connectivity index is 1.94. The summed E-state index contributed by atoms with van der Waals surface area (Å²) in [6.45, 7) is 6.05. The van der Waals surface area contributed by atoms with Gasteiger partial charge in [0.15, 0.2) is 5.82 Å². The van der Waals surface area contributed by atoms with E-state index in [4.69, 9.17) is 5.26 Å². The second kappa shape index (κ2) is 6.75. The predicted molar refractivity (Wildman–Crippen MR) is 90.3 cm³/mol. The number of nitrogens with one attached hydrogen (secondary N) is 3. The first kappa shape index (κ1) is 15.4. The molecule has 23 heavy (non-hydrogen) atoms. The van der Waals surface area contributed by atoms with E-state index in [2.05, 4.69) is 37.0 Å². The van der Waals surface area contributed by atoms with Gasteiger partial charge in [-0.1, -0.05) is 0 Å². The summed E-state index contributed by atoms with van der Waals surface area (Å²) in [7, 11) is 0. The summed E-state index contributed by atoms with van der Waals surface area (Å²) in [6, 6.07) is 4.34. The molecule has 3 rings (SSSR count). The van der Waals surface area contributed by atoms with E-state index >= 15 is 0 Å². The molecule has 2 aromatic heterocycles. The van der Waals surface area contributed by atoms with E-state index in [1.54, 1.807) is 12.3 Å². The van der Waals surface area contributed by atoms with Gasteiger partial charge in [0.25, 0.3) is 0 Å². The quantitative estimate of drug-likeness (QED) is 0.793. The molecule has 1 aliphatic heterocycles. The summed E-state index contributed by atoms with van der Waals surface area (Å²) in [4.78, 5) is 13.3. The third-order valence-corrected chi connectivity index (χ3v) is 3.74. The SMILES string of the molecule is CC(C)Nc1nc(C#N)cc2cnc(NC3CCCNC3)nc12. The van der Waals surface area contributed by atoms with Crippen molar-refractivity contribution in [3.8, 4) is 6.07 Å². The molecule has 0 radical (unpaired) electrons. The minimum absolute atomic E-state index is 0.202. The fourth-order valence-corrected chi connectivity index (χ4v) is 2.70. The Morgan fingerprint density at radius 2 is 2.26 bits per heavy atom. The maximum absolute atomic E-state index is 9.13. The van der Waals surface area contributed by atoms with E-state index in [1.807, 2.05) is 13.8 Å². The van der Waals surface area contributed by atoms with Crippen molar-refractivity contribution in [1.29, 1.82) is 5.26 Å². The topological polar surface area (TPSA) is 98.5 Å². The number of hydrogen-bond acceptors (Lipinski definition) is 7. The summed E-state index contributed by atoms with van der Waals surface area (Å²) in [5, 5.41) is 19.9. The summed E-state index contributed by atoms with van der Waals surface area (Å²) >= 11 is 0. The van der Waals surface area contributed by atoms with Crippen LogP contribution < -0.4 is 16.0 Å². The van der Waals surface area contributed by atoms with Gasteiger partial charge in [-0.2, -0.15) is 5.26 Å². The third kappa shape index (κ3) is 3.66. The minimum Gasteiger partial charge on any atom is -0.366 e. The van der Waals surface area contributed by atoms with Gasteiger partial charge in [0.1, 0.15) is 17.3 Å². The van der Waals surface area contributed by atoms with Gasteiger partial charge in [-0.3, -0.25) is 0 Å². The molecular weight excluding hydrogens is 290 g/mol. The van der Waals surface area contributed by atoms with Gasteiger partial charge in [0, 0.05) is 30.2 Å². The van der Waals surface area contributed by atoms with Crippen LogP contribution in [0.1, 0.15) is 32.4 Å². The highest BCUT2D eigenvalue weighted by Gasteiger charge is 2.15. The number of anilines is 2. The number of nitriles is 1. The van der Waals surface area contributed by atoms with Gasteiger partial charge in [0.2, 0.25) is 5.95 Å². The lowest BCUT2D eigenvalue weighted by Gasteiger charge is -2.23. The number of rotatable bonds is 4. The summed E-state index contributed by atoms with van der Waals surface area (Å²) in [6.07, 6.45) is 4.00. The van der Waals surface area contributed by atoms with Crippen molar-refractivity contribution in [2.75, 3.05) is 23.7 Å². The molecule has 0 amide bonds. The van der Waals surface area contributed by atoms with E-state index in [0.717, 1.165) is 36.8 Å². The molecule has 0 spiro atoms. The number of piperidine rings is 1. The van der Waals surface area contributed by atoms with Crippen LogP contribution in [0.25, 0.3) is 10.9 Å². The molecule has 1 saturated heterocycles. The maximum Gasteiger partial charge on any atom is 0.223 e. The fourth-order valence-electron chi connectivity index (χ4n) is 2.70. The molecule has 7 heteroatoms. The van der Waals surface area contributed by atoms with Gasteiger partial charge in [-0.25, -0.2) is 15.0 Å². The van der Waals surface area contributed by atoms with Crippen LogP contribution in [0.4, 0.5) is 11.8 Å². The van der Waals surface area contributed by atoms with Crippen molar-refractivity contribution in [2.24, 2.45) is 0 Å². The zero-order chi connectivity index (χ0) is 16.2. The first-order valence-electron chi connectivity index (χ1n) is 7.97. The second-order valence-electron chi connectivity index (χ2n) is 6.09. The zero-order valence-corrected chi connectivity index (χ0v) is 13.4. The van der Waals surface area contributed by atoms with Gasteiger partial charge >= 0.3 is 0 Å². The number of nitrogens with zero attached hydrogens (tertiary/aromatic N) is 4. The molecular formula is C16H21N7. The standard InChI is InChI=1S/C16H21N7/c1-10(2)20-15-14-11(6-13(7-17)21-15)8-19-16(23-14)22-12-4-3-5-18-9-12/h6,8,10,12,18H,3-5,9H2,1-2H3,(H,20,21)(H,19,22,23). The average Bonchev–Trinajstić information content (AvgIpc) is 2.55. The van der Waals surface area contributed by atoms with Crippen LogP contribution in [-0.4, -0.2) is 40.1 Å². The Hall–Kier alpha value is -2.46. The fraction of sp³-hybridized carbons (Fsp3) is 0.500. The highest BCUT2D eigenvalue weighted by atomic mass is 15.1. The molecule has 1 atom stereocenters. The van der Waals surface area contributed by atoms with Crippen LogP contribution in [0.15, 0.2) is 12.3 Å². The first-order valence-corrected chi connectivity index (χ1v) is 7.97. The Kier molecular flexibility index (Phi) is 4.53. The van der Waals surface area contributed by atoms with Gasteiger partial charge < -0.3 is 16.0 Å².